The van der Waals surface area contributed by atoms with Gasteiger partial charge in [-0.1, -0.05) is 41.8 Å². The summed E-state index contributed by atoms with van der Waals surface area (Å²) >= 11 is 3.71. The highest BCUT2D eigenvalue weighted by atomic mass is 79.9. The summed E-state index contributed by atoms with van der Waals surface area (Å²) in [4.78, 5) is 0. The van der Waals surface area contributed by atoms with Gasteiger partial charge in [-0.05, 0) is 49.9 Å². The molecule has 0 bridgehead atoms. The zero-order chi connectivity index (χ0) is 13.7. The molecule has 1 atom stereocenters. The van der Waals surface area contributed by atoms with Crippen LogP contribution >= 0.6 is 15.9 Å². The molecule has 1 N–H and O–H groups in total. The van der Waals surface area contributed by atoms with Crippen molar-refractivity contribution in [1.82, 2.24) is 5.32 Å². The monoisotopic (exact) mass is 325 g/mol. The van der Waals surface area contributed by atoms with E-state index in [1.165, 1.54) is 31.2 Å². The largest absolute Gasteiger partial charge is 0.494 e. The first-order valence-corrected chi connectivity index (χ1v) is 8.21. The lowest BCUT2D eigenvalue weighted by Gasteiger charge is -2.26. The van der Waals surface area contributed by atoms with Gasteiger partial charge in [-0.3, -0.25) is 0 Å². The van der Waals surface area contributed by atoms with Crippen molar-refractivity contribution in [2.24, 2.45) is 5.92 Å². The van der Waals surface area contributed by atoms with Gasteiger partial charge in [0.15, 0.2) is 0 Å². The summed E-state index contributed by atoms with van der Waals surface area (Å²) in [7, 11) is 0. The summed E-state index contributed by atoms with van der Waals surface area (Å²) in [5.41, 5.74) is 1.37. The van der Waals surface area contributed by atoms with Gasteiger partial charge in [0.2, 0.25) is 0 Å². The number of hydrogen-bond donors (Lipinski definition) is 1. The van der Waals surface area contributed by atoms with Gasteiger partial charge >= 0.3 is 0 Å². The van der Waals surface area contributed by atoms with Gasteiger partial charge in [0, 0.05) is 10.5 Å². The number of rotatable bonds is 6. The zero-order valence-electron chi connectivity index (χ0n) is 11.9. The number of benzene rings is 1. The summed E-state index contributed by atoms with van der Waals surface area (Å²) in [5.74, 6) is 1.72. The fourth-order valence-corrected chi connectivity index (χ4v) is 3.66. The SMILES string of the molecule is CCNC(c1ccc(OCC)cc1Br)C1CCCC1. The van der Waals surface area contributed by atoms with Crippen LogP contribution in [-0.4, -0.2) is 13.2 Å². The molecular weight excluding hydrogens is 302 g/mol. The lowest BCUT2D eigenvalue weighted by Crippen LogP contribution is -2.27. The van der Waals surface area contributed by atoms with Crippen molar-refractivity contribution in [3.63, 3.8) is 0 Å². The van der Waals surface area contributed by atoms with Crippen LogP contribution in [0.2, 0.25) is 0 Å². The first-order chi connectivity index (χ1) is 9.26. The Hall–Kier alpha value is -0.540. The maximum Gasteiger partial charge on any atom is 0.120 e. The predicted octanol–water partition coefficient (Wildman–Crippen LogP) is 4.69. The van der Waals surface area contributed by atoms with E-state index in [1.807, 2.05) is 6.92 Å². The van der Waals surface area contributed by atoms with Crippen LogP contribution in [0.1, 0.15) is 51.1 Å². The maximum atomic E-state index is 5.56. The Morgan fingerprint density at radius 1 is 1.32 bits per heavy atom. The van der Waals surface area contributed by atoms with E-state index < -0.39 is 0 Å². The fraction of sp³-hybridized carbons (Fsp3) is 0.625. The van der Waals surface area contributed by atoms with E-state index >= 15 is 0 Å². The number of halogens is 1. The van der Waals surface area contributed by atoms with Gasteiger partial charge in [-0.15, -0.1) is 0 Å². The lowest BCUT2D eigenvalue weighted by molar-refractivity contribution is 0.338. The molecule has 1 aromatic carbocycles. The van der Waals surface area contributed by atoms with Crippen molar-refractivity contribution in [3.8, 4) is 5.75 Å². The Morgan fingerprint density at radius 2 is 2.05 bits per heavy atom. The molecule has 0 saturated heterocycles. The quantitative estimate of drug-likeness (QED) is 0.819. The third-order valence-electron chi connectivity index (χ3n) is 3.91. The van der Waals surface area contributed by atoms with E-state index in [1.54, 1.807) is 0 Å². The van der Waals surface area contributed by atoms with Crippen LogP contribution in [0.25, 0.3) is 0 Å². The third-order valence-corrected chi connectivity index (χ3v) is 4.60. The molecule has 106 valence electrons. The second-order valence-corrected chi connectivity index (χ2v) is 6.05. The molecule has 1 saturated carbocycles. The predicted molar refractivity (Wildman–Crippen MR) is 83.7 cm³/mol. The Morgan fingerprint density at radius 3 is 2.63 bits per heavy atom. The topological polar surface area (TPSA) is 21.3 Å². The molecule has 0 spiro atoms. The molecule has 0 amide bonds. The molecule has 1 fully saturated rings. The molecule has 0 aromatic heterocycles. The highest BCUT2D eigenvalue weighted by Crippen LogP contribution is 2.39. The molecule has 1 aliphatic carbocycles. The molecule has 1 aliphatic rings. The lowest BCUT2D eigenvalue weighted by atomic mass is 9.91. The number of ether oxygens (including phenoxy) is 1. The molecule has 0 aliphatic heterocycles. The normalized spacial score (nSPS) is 17.6. The molecule has 1 unspecified atom stereocenters. The average Bonchev–Trinajstić information content (AvgIpc) is 2.91. The van der Waals surface area contributed by atoms with E-state index in [0.717, 1.165) is 22.7 Å². The first kappa shape index (κ1) is 14.9. The van der Waals surface area contributed by atoms with Crippen LogP contribution in [0.3, 0.4) is 0 Å². The molecule has 2 nitrogen and oxygen atoms in total. The van der Waals surface area contributed by atoms with Gasteiger partial charge in [-0.25, -0.2) is 0 Å². The number of nitrogens with one attached hydrogen (secondary N) is 1. The molecule has 1 aromatic rings. The van der Waals surface area contributed by atoms with Crippen molar-refractivity contribution in [2.75, 3.05) is 13.2 Å². The molecule has 0 radical (unpaired) electrons. The second kappa shape index (κ2) is 7.30. The van der Waals surface area contributed by atoms with Crippen LogP contribution in [0.4, 0.5) is 0 Å². The minimum absolute atomic E-state index is 0.470. The summed E-state index contributed by atoms with van der Waals surface area (Å²) in [6.45, 7) is 5.93. The Balaban J connectivity index is 2.20. The Kier molecular flexibility index (Phi) is 5.71. The van der Waals surface area contributed by atoms with E-state index in [-0.39, 0.29) is 0 Å². The van der Waals surface area contributed by atoms with Crippen LogP contribution in [-0.2, 0) is 0 Å². The third kappa shape index (κ3) is 3.73. The minimum atomic E-state index is 0.470. The molecule has 2 rings (SSSR count). The Bertz CT molecular complexity index is 402. The van der Waals surface area contributed by atoms with Crippen LogP contribution in [0.15, 0.2) is 22.7 Å². The summed E-state index contributed by atoms with van der Waals surface area (Å²) in [6.07, 6.45) is 5.44. The van der Waals surface area contributed by atoms with Crippen LogP contribution in [0.5, 0.6) is 5.75 Å². The van der Waals surface area contributed by atoms with Gasteiger partial charge in [0.1, 0.15) is 5.75 Å². The molecular formula is C16H24BrNO. The zero-order valence-corrected chi connectivity index (χ0v) is 13.5. The molecule has 19 heavy (non-hydrogen) atoms. The second-order valence-electron chi connectivity index (χ2n) is 5.20. The van der Waals surface area contributed by atoms with Crippen LogP contribution < -0.4 is 10.1 Å². The summed E-state index contributed by atoms with van der Waals surface area (Å²) in [5, 5.41) is 3.66. The van der Waals surface area contributed by atoms with Crippen molar-refractivity contribution in [1.29, 1.82) is 0 Å². The van der Waals surface area contributed by atoms with Crippen molar-refractivity contribution in [2.45, 2.75) is 45.6 Å². The van der Waals surface area contributed by atoms with E-state index in [4.69, 9.17) is 4.74 Å². The first-order valence-electron chi connectivity index (χ1n) is 7.41. The van der Waals surface area contributed by atoms with Crippen molar-refractivity contribution < 1.29 is 4.74 Å². The van der Waals surface area contributed by atoms with Crippen molar-refractivity contribution in [3.05, 3.63) is 28.2 Å². The van der Waals surface area contributed by atoms with E-state index in [9.17, 15) is 0 Å². The summed E-state index contributed by atoms with van der Waals surface area (Å²) < 4.78 is 6.72. The number of hydrogen-bond acceptors (Lipinski definition) is 2. The molecule has 3 heteroatoms. The van der Waals surface area contributed by atoms with Gasteiger partial charge in [-0.2, -0.15) is 0 Å². The van der Waals surface area contributed by atoms with Gasteiger partial charge < -0.3 is 10.1 Å². The molecule has 0 heterocycles. The standard InChI is InChI=1S/C16H24BrNO/c1-3-18-16(12-7-5-6-8-12)14-10-9-13(19-4-2)11-15(14)17/h9-12,16,18H,3-8H2,1-2H3. The average molecular weight is 326 g/mol. The van der Waals surface area contributed by atoms with Crippen molar-refractivity contribution >= 4 is 15.9 Å². The van der Waals surface area contributed by atoms with Gasteiger partial charge in [0.25, 0.3) is 0 Å². The minimum Gasteiger partial charge on any atom is -0.494 e. The highest BCUT2D eigenvalue weighted by Gasteiger charge is 2.27. The maximum absolute atomic E-state index is 5.56. The summed E-state index contributed by atoms with van der Waals surface area (Å²) in [6, 6.07) is 6.86. The van der Waals surface area contributed by atoms with E-state index in [0.29, 0.717) is 12.6 Å². The fourth-order valence-electron chi connectivity index (χ4n) is 3.06. The highest BCUT2D eigenvalue weighted by molar-refractivity contribution is 9.10. The van der Waals surface area contributed by atoms with Gasteiger partial charge in [0.05, 0.1) is 6.61 Å². The van der Waals surface area contributed by atoms with Crippen LogP contribution in [0, 0.1) is 5.92 Å². The smallest absolute Gasteiger partial charge is 0.120 e. The van der Waals surface area contributed by atoms with E-state index in [2.05, 4.69) is 46.4 Å². The Labute approximate surface area is 125 Å².